The summed E-state index contributed by atoms with van der Waals surface area (Å²) in [4.78, 5) is 0. The number of phenols is 1. The number of hydrogen-bond donors (Lipinski definition) is 2. The van der Waals surface area contributed by atoms with Crippen molar-refractivity contribution in [2.24, 2.45) is 0 Å². The molecule has 1 unspecified atom stereocenters. The number of halogens is 1. The molecule has 1 aromatic rings. The summed E-state index contributed by atoms with van der Waals surface area (Å²) in [6, 6.07) is 4.29. The van der Waals surface area contributed by atoms with E-state index >= 15 is 0 Å². The summed E-state index contributed by atoms with van der Waals surface area (Å²) >= 11 is 3.34. The zero-order chi connectivity index (χ0) is 14.3. The van der Waals surface area contributed by atoms with Crippen molar-refractivity contribution in [3.8, 4) is 11.5 Å². The summed E-state index contributed by atoms with van der Waals surface area (Å²) in [6.07, 6.45) is 5.02. The molecule has 0 fully saturated rings. The average Bonchev–Trinajstić information content (AvgIpc) is 2.40. The van der Waals surface area contributed by atoms with E-state index in [0.29, 0.717) is 16.3 Å². The number of rotatable bonds is 8. The summed E-state index contributed by atoms with van der Waals surface area (Å²) in [7, 11) is 1.56. The fraction of sp³-hybridized carbons (Fsp3) is 0.600. The van der Waals surface area contributed by atoms with Crippen LogP contribution in [0.3, 0.4) is 0 Å². The fourth-order valence-corrected chi connectivity index (χ4v) is 2.47. The van der Waals surface area contributed by atoms with E-state index in [1.165, 1.54) is 25.7 Å². The molecule has 1 aromatic carbocycles. The van der Waals surface area contributed by atoms with Gasteiger partial charge in [0.05, 0.1) is 11.6 Å². The molecule has 0 aliphatic rings. The molecule has 1 atom stereocenters. The van der Waals surface area contributed by atoms with Crippen LogP contribution in [0, 0.1) is 0 Å². The molecule has 0 heterocycles. The first kappa shape index (κ1) is 16.3. The highest BCUT2D eigenvalue weighted by Crippen LogP contribution is 2.35. The van der Waals surface area contributed by atoms with Crippen molar-refractivity contribution < 1.29 is 9.84 Å². The molecule has 0 aliphatic heterocycles. The predicted octanol–water partition coefficient (Wildman–Crippen LogP) is 4.22. The van der Waals surface area contributed by atoms with Gasteiger partial charge in [0.1, 0.15) is 0 Å². The molecule has 0 aromatic heterocycles. The fourth-order valence-electron chi connectivity index (χ4n) is 1.98. The van der Waals surface area contributed by atoms with Crippen LogP contribution >= 0.6 is 15.9 Å². The summed E-state index contributed by atoms with van der Waals surface area (Å²) in [6.45, 7) is 5.21. The Labute approximate surface area is 124 Å². The van der Waals surface area contributed by atoms with Crippen molar-refractivity contribution in [3.05, 3.63) is 22.2 Å². The molecule has 1 rings (SSSR count). The molecule has 108 valence electrons. The quantitative estimate of drug-likeness (QED) is 0.701. The largest absolute Gasteiger partial charge is 0.503 e. The molecular weight excluding hydrogens is 306 g/mol. The number of hydrogen-bond acceptors (Lipinski definition) is 3. The van der Waals surface area contributed by atoms with Gasteiger partial charge in [0, 0.05) is 12.6 Å². The maximum absolute atomic E-state index is 9.75. The summed E-state index contributed by atoms with van der Waals surface area (Å²) in [5.41, 5.74) is 1.10. The van der Waals surface area contributed by atoms with Crippen LogP contribution in [0.15, 0.2) is 16.6 Å². The molecule has 2 N–H and O–H groups in total. The first-order chi connectivity index (χ1) is 9.08. The number of unbranched alkanes of at least 4 members (excludes halogenated alkanes) is 2. The van der Waals surface area contributed by atoms with Crippen molar-refractivity contribution in [3.63, 3.8) is 0 Å². The lowest BCUT2D eigenvalue weighted by molar-refractivity contribution is 0.371. The van der Waals surface area contributed by atoms with Gasteiger partial charge in [-0.1, -0.05) is 26.2 Å². The maximum atomic E-state index is 9.75. The van der Waals surface area contributed by atoms with E-state index < -0.39 is 0 Å². The number of aromatic hydroxyl groups is 1. The Morgan fingerprint density at radius 3 is 2.74 bits per heavy atom. The molecule has 4 heteroatoms. The Kier molecular flexibility index (Phi) is 7.24. The number of benzene rings is 1. The molecule has 0 saturated carbocycles. The zero-order valence-electron chi connectivity index (χ0n) is 12.0. The number of nitrogens with one attached hydrogen (secondary N) is 1. The molecule has 0 saturated heterocycles. The highest BCUT2D eigenvalue weighted by atomic mass is 79.9. The SMILES string of the molecule is CCCCCC(C)NCc1cc(Br)c(O)c(OC)c1. The van der Waals surface area contributed by atoms with E-state index in [1.54, 1.807) is 7.11 Å². The van der Waals surface area contributed by atoms with Crippen molar-refractivity contribution in [1.29, 1.82) is 0 Å². The Morgan fingerprint density at radius 1 is 1.37 bits per heavy atom. The second-order valence-electron chi connectivity index (χ2n) is 4.91. The van der Waals surface area contributed by atoms with Crippen molar-refractivity contribution >= 4 is 15.9 Å². The maximum Gasteiger partial charge on any atom is 0.172 e. The Bertz CT molecular complexity index is 396. The first-order valence-corrected chi connectivity index (χ1v) is 7.66. The normalized spacial score (nSPS) is 12.4. The molecule has 0 aliphatic carbocycles. The van der Waals surface area contributed by atoms with Gasteiger partial charge in [0.2, 0.25) is 0 Å². The van der Waals surface area contributed by atoms with Gasteiger partial charge in [-0.2, -0.15) is 0 Å². The Hall–Kier alpha value is -0.740. The smallest absolute Gasteiger partial charge is 0.172 e. The first-order valence-electron chi connectivity index (χ1n) is 6.87. The van der Waals surface area contributed by atoms with E-state index in [4.69, 9.17) is 4.74 Å². The summed E-state index contributed by atoms with van der Waals surface area (Å²) in [5, 5.41) is 13.2. The number of phenolic OH excluding ortho intramolecular Hbond substituents is 1. The van der Waals surface area contributed by atoms with Gasteiger partial charge in [0.25, 0.3) is 0 Å². The third kappa shape index (κ3) is 5.41. The average molecular weight is 330 g/mol. The summed E-state index contributed by atoms with van der Waals surface area (Å²) < 4.78 is 5.81. The van der Waals surface area contributed by atoms with Gasteiger partial charge in [-0.3, -0.25) is 0 Å². The summed E-state index contributed by atoms with van der Waals surface area (Å²) in [5.74, 6) is 0.659. The lowest BCUT2D eigenvalue weighted by Crippen LogP contribution is -2.25. The van der Waals surface area contributed by atoms with Gasteiger partial charge in [0.15, 0.2) is 11.5 Å². The molecular formula is C15H24BrNO2. The van der Waals surface area contributed by atoms with Crippen LogP contribution in [-0.4, -0.2) is 18.3 Å². The second kappa shape index (κ2) is 8.43. The van der Waals surface area contributed by atoms with E-state index in [0.717, 1.165) is 12.1 Å². The van der Waals surface area contributed by atoms with Crippen LogP contribution < -0.4 is 10.1 Å². The van der Waals surface area contributed by atoms with E-state index in [-0.39, 0.29) is 5.75 Å². The zero-order valence-corrected chi connectivity index (χ0v) is 13.6. The lowest BCUT2D eigenvalue weighted by atomic mass is 10.1. The van der Waals surface area contributed by atoms with Crippen LogP contribution in [0.2, 0.25) is 0 Å². The van der Waals surface area contributed by atoms with Crippen molar-refractivity contribution in [2.75, 3.05) is 7.11 Å². The monoisotopic (exact) mass is 329 g/mol. The third-order valence-electron chi connectivity index (χ3n) is 3.20. The van der Waals surface area contributed by atoms with Gasteiger partial charge in [-0.05, 0) is 47.0 Å². The van der Waals surface area contributed by atoms with Crippen LogP contribution in [0.5, 0.6) is 11.5 Å². The number of ether oxygens (including phenoxy) is 1. The molecule has 0 radical (unpaired) electrons. The molecule has 3 nitrogen and oxygen atoms in total. The van der Waals surface area contributed by atoms with E-state index in [9.17, 15) is 5.11 Å². The van der Waals surface area contributed by atoms with Crippen LogP contribution in [0.4, 0.5) is 0 Å². The van der Waals surface area contributed by atoms with Gasteiger partial charge < -0.3 is 15.2 Å². The minimum absolute atomic E-state index is 0.155. The minimum atomic E-state index is 0.155. The molecule has 0 bridgehead atoms. The van der Waals surface area contributed by atoms with Crippen LogP contribution in [0.1, 0.15) is 45.1 Å². The van der Waals surface area contributed by atoms with E-state index in [1.807, 2.05) is 12.1 Å². The van der Waals surface area contributed by atoms with Crippen LogP contribution in [0.25, 0.3) is 0 Å². The standard InChI is InChI=1S/C15H24BrNO2/c1-4-5-6-7-11(2)17-10-12-8-13(16)15(18)14(9-12)19-3/h8-9,11,17-18H,4-7,10H2,1-3H3. The second-order valence-corrected chi connectivity index (χ2v) is 5.76. The van der Waals surface area contributed by atoms with Crippen molar-refractivity contribution in [2.45, 2.75) is 52.1 Å². The molecule has 19 heavy (non-hydrogen) atoms. The van der Waals surface area contributed by atoms with Gasteiger partial charge in [-0.25, -0.2) is 0 Å². The van der Waals surface area contributed by atoms with E-state index in [2.05, 4.69) is 35.1 Å². The Balaban J connectivity index is 2.51. The Morgan fingerprint density at radius 2 is 2.11 bits per heavy atom. The highest BCUT2D eigenvalue weighted by molar-refractivity contribution is 9.10. The topological polar surface area (TPSA) is 41.5 Å². The van der Waals surface area contributed by atoms with Gasteiger partial charge >= 0.3 is 0 Å². The lowest BCUT2D eigenvalue weighted by Gasteiger charge is -2.15. The van der Waals surface area contributed by atoms with Crippen molar-refractivity contribution in [1.82, 2.24) is 5.32 Å². The highest BCUT2D eigenvalue weighted by Gasteiger charge is 2.09. The molecule has 0 spiro atoms. The van der Waals surface area contributed by atoms with Gasteiger partial charge in [-0.15, -0.1) is 0 Å². The minimum Gasteiger partial charge on any atom is -0.503 e. The molecule has 0 amide bonds. The third-order valence-corrected chi connectivity index (χ3v) is 3.81. The number of methoxy groups -OCH3 is 1. The predicted molar refractivity (Wildman–Crippen MR) is 82.8 cm³/mol. The van der Waals surface area contributed by atoms with Crippen LogP contribution in [-0.2, 0) is 6.54 Å².